The molecule has 1 aliphatic rings. The number of carboxylic acid groups (broad SMARTS) is 1. The van der Waals surface area contributed by atoms with Gasteiger partial charge in [0.1, 0.15) is 0 Å². The molecule has 1 aromatic carbocycles. The number of piperidine rings is 1. The fraction of sp³-hybridized carbons (Fsp3) is 0.429. The zero-order valence-corrected chi connectivity index (χ0v) is 10.9. The van der Waals surface area contributed by atoms with Crippen molar-refractivity contribution >= 4 is 11.9 Å². The van der Waals surface area contributed by atoms with Crippen LogP contribution in [0.15, 0.2) is 24.3 Å². The average Bonchev–Trinajstić information content (AvgIpc) is 2.40. The normalized spacial score (nSPS) is 19.5. The number of rotatable bonds is 4. The summed E-state index contributed by atoms with van der Waals surface area (Å²) in [6, 6.07) is 7.20. The van der Waals surface area contributed by atoms with Crippen molar-refractivity contribution in [3.63, 3.8) is 0 Å². The van der Waals surface area contributed by atoms with Crippen molar-refractivity contribution in [2.75, 3.05) is 13.6 Å². The zero-order valence-electron chi connectivity index (χ0n) is 10.9. The largest absolute Gasteiger partial charge is 0.478 e. The number of carbonyl (C=O) groups excluding carboxylic acids is 1. The molecule has 0 radical (unpaired) electrons. The minimum atomic E-state index is -0.909. The van der Waals surface area contributed by atoms with Crippen molar-refractivity contribution in [3.05, 3.63) is 35.4 Å². The van der Waals surface area contributed by atoms with Gasteiger partial charge in [-0.05, 0) is 18.1 Å². The van der Waals surface area contributed by atoms with E-state index in [4.69, 9.17) is 5.11 Å². The molecule has 1 fully saturated rings. The smallest absolute Gasteiger partial charge is 0.336 e. The van der Waals surface area contributed by atoms with Crippen LogP contribution in [0.25, 0.3) is 0 Å². The molecule has 0 aliphatic carbocycles. The number of nitrogens with one attached hydrogen (secondary N) is 1. The Morgan fingerprint density at radius 3 is 2.89 bits per heavy atom. The third-order valence-electron chi connectivity index (χ3n) is 3.46. The van der Waals surface area contributed by atoms with Gasteiger partial charge in [-0.1, -0.05) is 18.2 Å². The molecule has 0 bridgehead atoms. The Labute approximate surface area is 112 Å². The molecule has 1 unspecified atom stereocenters. The highest BCUT2D eigenvalue weighted by Crippen LogP contribution is 2.12. The first kappa shape index (κ1) is 13.5. The van der Waals surface area contributed by atoms with Crippen molar-refractivity contribution < 1.29 is 14.7 Å². The fourth-order valence-electron chi connectivity index (χ4n) is 2.32. The van der Waals surface area contributed by atoms with Crippen LogP contribution in [0.4, 0.5) is 0 Å². The molecule has 102 valence electrons. The lowest BCUT2D eigenvalue weighted by Gasteiger charge is -2.30. The molecule has 1 atom stereocenters. The van der Waals surface area contributed by atoms with E-state index in [2.05, 4.69) is 5.32 Å². The molecule has 1 aromatic rings. The number of likely N-dealkylation sites (tertiary alicyclic amines) is 1. The quantitative estimate of drug-likeness (QED) is 0.852. The van der Waals surface area contributed by atoms with Crippen LogP contribution in [0, 0.1) is 0 Å². The topological polar surface area (TPSA) is 69.6 Å². The number of carboxylic acids is 1. The van der Waals surface area contributed by atoms with Crippen molar-refractivity contribution in [1.29, 1.82) is 0 Å². The fourth-order valence-corrected chi connectivity index (χ4v) is 2.32. The van der Waals surface area contributed by atoms with Crippen LogP contribution in [0.2, 0.25) is 0 Å². The number of aromatic carboxylic acids is 1. The Bertz CT molecular complexity index is 487. The Kier molecular flexibility index (Phi) is 4.16. The van der Waals surface area contributed by atoms with E-state index < -0.39 is 5.97 Å². The third kappa shape index (κ3) is 3.32. The third-order valence-corrected chi connectivity index (χ3v) is 3.46. The Morgan fingerprint density at radius 1 is 1.47 bits per heavy atom. The highest BCUT2D eigenvalue weighted by atomic mass is 16.4. The van der Waals surface area contributed by atoms with E-state index in [0.29, 0.717) is 25.1 Å². The highest BCUT2D eigenvalue weighted by Gasteiger charge is 2.22. The van der Waals surface area contributed by atoms with E-state index in [1.807, 2.05) is 12.1 Å². The molecule has 0 spiro atoms. The number of hydrogen-bond donors (Lipinski definition) is 2. The van der Waals surface area contributed by atoms with Gasteiger partial charge in [0.05, 0.1) is 5.56 Å². The monoisotopic (exact) mass is 262 g/mol. The number of likely N-dealkylation sites (N-methyl/N-ethyl adjacent to an activating group) is 1. The molecule has 1 aliphatic heterocycles. The summed E-state index contributed by atoms with van der Waals surface area (Å²) in [5, 5.41) is 12.4. The van der Waals surface area contributed by atoms with E-state index >= 15 is 0 Å². The van der Waals surface area contributed by atoms with Crippen LogP contribution in [0.5, 0.6) is 0 Å². The number of nitrogens with zero attached hydrogens (tertiary/aromatic N) is 1. The maximum atomic E-state index is 11.4. The summed E-state index contributed by atoms with van der Waals surface area (Å²) in [4.78, 5) is 24.2. The lowest BCUT2D eigenvalue weighted by Crippen LogP contribution is -2.46. The molecule has 2 N–H and O–H groups in total. The summed E-state index contributed by atoms with van der Waals surface area (Å²) in [5.74, 6) is -0.739. The van der Waals surface area contributed by atoms with Gasteiger partial charge in [-0.25, -0.2) is 4.79 Å². The van der Waals surface area contributed by atoms with E-state index in [0.717, 1.165) is 12.0 Å². The van der Waals surface area contributed by atoms with Crippen molar-refractivity contribution in [1.82, 2.24) is 10.2 Å². The lowest BCUT2D eigenvalue weighted by atomic mass is 10.0. The Balaban J connectivity index is 1.96. The van der Waals surface area contributed by atoms with E-state index in [-0.39, 0.29) is 11.9 Å². The summed E-state index contributed by atoms with van der Waals surface area (Å²) >= 11 is 0. The summed E-state index contributed by atoms with van der Waals surface area (Å²) < 4.78 is 0. The minimum Gasteiger partial charge on any atom is -0.478 e. The zero-order chi connectivity index (χ0) is 13.8. The molecule has 19 heavy (non-hydrogen) atoms. The first-order valence-electron chi connectivity index (χ1n) is 6.36. The SMILES string of the molecule is CN1CC(NCc2ccccc2C(=O)O)CCC1=O. The first-order chi connectivity index (χ1) is 9.08. The molecule has 1 amide bonds. The molecule has 1 heterocycles. The van der Waals surface area contributed by atoms with Crippen LogP contribution < -0.4 is 5.32 Å². The van der Waals surface area contributed by atoms with Gasteiger partial charge in [0.2, 0.25) is 5.91 Å². The Hall–Kier alpha value is -1.88. The van der Waals surface area contributed by atoms with Gasteiger partial charge in [0.15, 0.2) is 0 Å². The second-order valence-electron chi connectivity index (χ2n) is 4.85. The minimum absolute atomic E-state index is 0.170. The van der Waals surface area contributed by atoms with Gasteiger partial charge in [-0.15, -0.1) is 0 Å². The first-order valence-corrected chi connectivity index (χ1v) is 6.36. The molecular weight excluding hydrogens is 244 g/mol. The van der Waals surface area contributed by atoms with Gasteiger partial charge in [0.25, 0.3) is 0 Å². The highest BCUT2D eigenvalue weighted by molar-refractivity contribution is 5.89. The number of hydrogen-bond acceptors (Lipinski definition) is 3. The van der Waals surface area contributed by atoms with Crippen LogP contribution in [-0.2, 0) is 11.3 Å². The summed E-state index contributed by atoms with van der Waals surface area (Å²) in [6.45, 7) is 1.18. The number of carbonyl (C=O) groups is 2. The molecule has 5 nitrogen and oxygen atoms in total. The van der Waals surface area contributed by atoms with Gasteiger partial charge in [0, 0.05) is 32.6 Å². The summed E-state index contributed by atoms with van der Waals surface area (Å²) in [6.07, 6.45) is 1.35. The Morgan fingerprint density at radius 2 is 2.21 bits per heavy atom. The van der Waals surface area contributed by atoms with Gasteiger partial charge in [-0.2, -0.15) is 0 Å². The van der Waals surface area contributed by atoms with E-state index in [9.17, 15) is 9.59 Å². The van der Waals surface area contributed by atoms with Crippen molar-refractivity contribution in [2.45, 2.75) is 25.4 Å². The summed E-state index contributed by atoms with van der Waals surface area (Å²) in [7, 11) is 1.79. The maximum absolute atomic E-state index is 11.4. The molecule has 0 aromatic heterocycles. The van der Waals surface area contributed by atoms with Crippen LogP contribution in [0.3, 0.4) is 0 Å². The number of amides is 1. The van der Waals surface area contributed by atoms with Crippen LogP contribution in [-0.4, -0.2) is 41.5 Å². The maximum Gasteiger partial charge on any atom is 0.336 e. The molecule has 5 heteroatoms. The molecule has 2 rings (SSSR count). The van der Waals surface area contributed by atoms with E-state index in [1.165, 1.54) is 0 Å². The second-order valence-corrected chi connectivity index (χ2v) is 4.85. The summed E-state index contributed by atoms with van der Waals surface area (Å²) in [5.41, 5.74) is 1.10. The molecule has 0 saturated carbocycles. The standard InChI is InChI=1S/C14H18N2O3/c1-16-9-11(6-7-13(16)17)15-8-10-4-2-3-5-12(10)14(18)19/h2-5,11,15H,6-9H2,1H3,(H,18,19). The van der Waals surface area contributed by atoms with Gasteiger partial charge < -0.3 is 15.3 Å². The number of benzene rings is 1. The van der Waals surface area contributed by atoms with Gasteiger partial charge >= 0.3 is 5.97 Å². The van der Waals surface area contributed by atoms with E-state index in [1.54, 1.807) is 24.1 Å². The predicted octanol–water partition coefficient (Wildman–Crippen LogP) is 1.10. The lowest BCUT2D eigenvalue weighted by molar-refractivity contribution is -0.132. The molecular formula is C14H18N2O3. The van der Waals surface area contributed by atoms with Crippen LogP contribution >= 0.6 is 0 Å². The average molecular weight is 262 g/mol. The second kappa shape index (κ2) is 5.84. The van der Waals surface area contributed by atoms with Crippen LogP contribution in [0.1, 0.15) is 28.8 Å². The molecule has 1 saturated heterocycles. The van der Waals surface area contributed by atoms with Crippen molar-refractivity contribution in [3.8, 4) is 0 Å². The predicted molar refractivity (Wildman–Crippen MR) is 70.9 cm³/mol. The van der Waals surface area contributed by atoms with Gasteiger partial charge in [-0.3, -0.25) is 4.79 Å². The van der Waals surface area contributed by atoms with Crippen molar-refractivity contribution in [2.24, 2.45) is 0 Å².